The number of aliphatic hydroxyl groups excluding tert-OH is 1. The Hall–Kier alpha value is -2.47. The molecule has 30 heavy (non-hydrogen) atoms. The smallest absolute Gasteiger partial charge is 0.275 e. The van der Waals surface area contributed by atoms with Gasteiger partial charge in [0.15, 0.2) is 0 Å². The molecule has 0 radical (unpaired) electrons. The lowest BCUT2D eigenvalue weighted by Gasteiger charge is -2.28. The molecule has 1 heterocycles. The van der Waals surface area contributed by atoms with Gasteiger partial charge in [0.25, 0.3) is 5.69 Å². The zero-order chi connectivity index (χ0) is 21.7. The minimum absolute atomic E-state index is 0.114. The molecule has 1 aliphatic heterocycles. The number of benzene rings is 2. The fraction of sp³-hybridized carbons (Fsp3) is 0.500. The van der Waals surface area contributed by atoms with E-state index >= 15 is 0 Å². The number of anilines is 1. The van der Waals surface area contributed by atoms with Crippen molar-refractivity contribution >= 4 is 11.4 Å². The fourth-order valence-electron chi connectivity index (χ4n) is 4.40. The molecule has 0 amide bonds. The van der Waals surface area contributed by atoms with Gasteiger partial charge in [-0.15, -0.1) is 0 Å². The molecule has 1 saturated heterocycles. The summed E-state index contributed by atoms with van der Waals surface area (Å²) in [6, 6.07) is 12.5. The first kappa shape index (κ1) is 22.2. The van der Waals surface area contributed by atoms with Crippen LogP contribution in [0.25, 0.3) is 0 Å². The highest BCUT2D eigenvalue weighted by atomic mass is 19.1. The van der Waals surface area contributed by atoms with Crippen LogP contribution in [0.5, 0.6) is 0 Å². The maximum absolute atomic E-state index is 14.9. The monoisotopic (exact) mass is 414 g/mol. The van der Waals surface area contributed by atoms with Crippen LogP contribution in [0.1, 0.15) is 62.3 Å². The average molecular weight is 415 g/mol. The van der Waals surface area contributed by atoms with Gasteiger partial charge in [0.1, 0.15) is 6.17 Å². The van der Waals surface area contributed by atoms with Crippen molar-refractivity contribution in [3.8, 4) is 0 Å². The highest BCUT2D eigenvalue weighted by molar-refractivity contribution is 5.53. The number of hydrogen-bond acceptors (Lipinski definition) is 4. The maximum atomic E-state index is 14.9. The molecular weight excluding hydrogens is 383 g/mol. The van der Waals surface area contributed by atoms with Gasteiger partial charge in [-0.25, -0.2) is 4.39 Å². The van der Waals surface area contributed by atoms with Crippen molar-refractivity contribution in [3.05, 3.63) is 69.3 Å². The zero-order valence-corrected chi connectivity index (χ0v) is 17.8. The minimum Gasteiger partial charge on any atom is -0.388 e. The van der Waals surface area contributed by atoms with Crippen molar-refractivity contribution in [1.29, 1.82) is 0 Å². The average Bonchev–Trinajstić information content (AvgIpc) is 3.11. The summed E-state index contributed by atoms with van der Waals surface area (Å²) in [5.74, 6) is 0. The van der Waals surface area contributed by atoms with Gasteiger partial charge in [-0.3, -0.25) is 10.1 Å². The first-order chi connectivity index (χ1) is 14.5. The molecule has 1 fully saturated rings. The first-order valence-corrected chi connectivity index (χ1v) is 10.9. The van der Waals surface area contributed by atoms with Crippen molar-refractivity contribution in [1.82, 2.24) is 0 Å². The molecule has 0 aliphatic carbocycles. The molecule has 6 heteroatoms. The summed E-state index contributed by atoms with van der Waals surface area (Å²) in [7, 11) is 0. The summed E-state index contributed by atoms with van der Waals surface area (Å²) in [5, 5.41) is 22.1. The second-order valence-electron chi connectivity index (χ2n) is 8.06. The molecular formula is C24H31FN2O3. The van der Waals surface area contributed by atoms with E-state index < -0.39 is 18.3 Å². The van der Waals surface area contributed by atoms with Crippen LogP contribution in [0.3, 0.4) is 0 Å². The van der Waals surface area contributed by atoms with Gasteiger partial charge in [0.2, 0.25) is 0 Å². The quantitative estimate of drug-likeness (QED) is 0.432. The number of unbranched alkanes of at least 4 members (excludes halogenated alkanes) is 1. The molecule has 5 nitrogen and oxygen atoms in total. The summed E-state index contributed by atoms with van der Waals surface area (Å²) < 4.78 is 14.9. The summed E-state index contributed by atoms with van der Waals surface area (Å²) >= 11 is 0. The zero-order valence-electron chi connectivity index (χ0n) is 17.8. The standard InChI is InChI=1S/C24H31FN2O3/c1-3-5-12-23(28)18-9-7-11-20(15-18)26-14-13-21(25)22(26)16-19-10-6-8-17(4-2)24(19)27(29)30/h6-11,15,21-23,28H,3-5,12-14,16H2,1-2H3. The predicted octanol–water partition coefficient (Wildman–Crippen LogP) is 5.54. The third kappa shape index (κ3) is 4.81. The molecule has 3 unspecified atom stereocenters. The maximum Gasteiger partial charge on any atom is 0.275 e. The van der Waals surface area contributed by atoms with Gasteiger partial charge in [0, 0.05) is 29.8 Å². The van der Waals surface area contributed by atoms with E-state index in [2.05, 4.69) is 6.92 Å². The molecule has 0 bridgehead atoms. The molecule has 1 aliphatic rings. The number of halogens is 1. The Morgan fingerprint density at radius 2 is 1.97 bits per heavy atom. The van der Waals surface area contributed by atoms with E-state index in [-0.39, 0.29) is 17.0 Å². The number of aryl methyl sites for hydroxylation is 1. The fourth-order valence-corrected chi connectivity index (χ4v) is 4.40. The van der Waals surface area contributed by atoms with E-state index in [1.807, 2.05) is 42.2 Å². The Morgan fingerprint density at radius 1 is 1.23 bits per heavy atom. The number of hydrogen-bond donors (Lipinski definition) is 1. The topological polar surface area (TPSA) is 66.6 Å². The van der Waals surface area contributed by atoms with E-state index in [0.29, 0.717) is 36.9 Å². The molecule has 0 saturated carbocycles. The normalized spacial score (nSPS) is 19.8. The van der Waals surface area contributed by atoms with Gasteiger partial charge >= 0.3 is 0 Å². The van der Waals surface area contributed by atoms with E-state index in [1.54, 1.807) is 12.1 Å². The molecule has 162 valence electrons. The van der Waals surface area contributed by atoms with Crippen LogP contribution in [0.2, 0.25) is 0 Å². The van der Waals surface area contributed by atoms with Crippen molar-refractivity contribution < 1.29 is 14.4 Å². The van der Waals surface area contributed by atoms with E-state index in [0.717, 1.165) is 24.1 Å². The Labute approximate surface area is 177 Å². The summed E-state index contributed by atoms with van der Waals surface area (Å²) in [6.45, 7) is 4.54. The highest BCUT2D eigenvalue weighted by Gasteiger charge is 2.36. The third-order valence-electron chi connectivity index (χ3n) is 6.08. The third-order valence-corrected chi connectivity index (χ3v) is 6.08. The number of rotatable bonds is 9. The lowest BCUT2D eigenvalue weighted by Crippen LogP contribution is -2.35. The highest BCUT2D eigenvalue weighted by Crippen LogP contribution is 2.34. The Bertz CT molecular complexity index is 873. The largest absolute Gasteiger partial charge is 0.388 e. The number of nitrogens with zero attached hydrogens (tertiary/aromatic N) is 2. The van der Waals surface area contributed by atoms with E-state index in [9.17, 15) is 19.6 Å². The minimum atomic E-state index is -1.05. The molecule has 3 rings (SSSR count). The SMILES string of the molecule is CCCCC(O)c1cccc(N2CCC(F)C2Cc2cccc(CC)c2[N+](=O)[O-])c1. The Balaban J connectivity index is 1.87. The molecule has 0 aromatic heterocycles. The summed E-state index contributed by atoms with van der Waals surface area (Å²) in [4.78, 5) is 13.3. The van der Waals surface area contributed by atoms with Crippen LogP contribution in [0.15, 0.2) is 42.5 Å². The van der Waals surface area contributed by atoms with Crippen LogP contribution in [-0.2, 0) is 12.8 Å². The predicted molar refractivity (Wildman–Crippen MR) is 118 cm³/mol. The molecule has 3 atom stereocenters. The van der Waals surface area contributed by atoms with E-state index in [1.165, 1.54) is 0 Å². The van der Waals surface area contributed by atoms with Gasteiger partial charge in [0.05, 0.1) is 17.1 Å². The van der Waals surface area contributed by atoms with Crippen molar-refractivity contribution in [2.45, 2.75) is 70.7 Å². The number of nitro groups is 1. The summed E-state index contributed by atoms with van der Waals surface area (Å²) in [5.41, 5.74) is 3.07. The van der Waals surface area contributed by atoms with Gasteiger partial charge in [-0.05, 0) is 37.0 Å². The van der Waals surface area contributed by atoms with Crippen LogP contribution in [-0.4, -0.2) is 28.8 Å². The van der Waals surface area contributed by atoms with Crippen LogP contribution >= 0.6 is 0 Å². The molecule has 1 N–H and O–H groups in total. The number of nitro benzene ring substituents is 1. The second-order valence-corrected chi connectivity index (χ2v) is 8.06. The summed E-state index contributed by atoms with van der Waals surface area (Å²) in [6.07, 6.45) is 2.33. The molecule has 2 aromatic carbocycles. The molecule has 0 spiro atoms. The second kappa shape index (κ2) is 10.0. The first-order valence-electron chi connectivity index (χ1n) is 10.9. The van der Waals surface area contributed by atoms with Crippen molar-refractivity contribution in [3.63, 3.8) is 0 Å². The van der Waals surface area contributed by atoms with Crippen LogP contribution in [0.4, 0.5) is 15.8 Å². The number of aliphatic hydroxyl groups is 1. The Kier molecular flexibility index (Phi) is 7.43. The van der Waals surface area contributed by atoms with Gasteiger partial charge in [-0.2, -0.15) is 0 Å². The van der Waals surface area contributed by atoms with Crippen LogP contribution in [0, 0.1) is 10.1 Å². The van der Waals surface area contributed by atoms with E-state index in [4.69, 9.17) is 0 Å². The molecule has 2 aromatic rings. The van der Waals surface area contributed by atoms with Crippen molar-refractivity contribution in [2.75, 3.05) is 11.4 Å². The lowest BCUT2D eigenvalue weighted by molar-refractivity contribution is -0.386. The van der Waals surface area contributed by atoms with Gasteiger partial charge < -0.3 is 10.0 Å². The van der Waals surface area contributed by atoms with Crippen LogP contribution < -0.4 is 4.90 Å². The number of alkyl halides is 1. The van der Waals surface area contributed by atoms with Crippen molar-refractivity contribution in [2.24, 2.45) is 0 Å². The lowest BCUT2D eigenvalue weighted by atomic mass is 9.97. The number of para-hydroxylation sites is 1. The van der Waals surface area contributed by atoms with Gasteiger partial charge in [-0.1, -0.05) is 57.0 Å². The Morgan fingerprint density at radius 3 is 2.67 bits per heavy atom.